The molecule has 0 saturated carbocycles. The molecule has 0 aliphatic carbocycles. The zero-order valence-corrected chi connectivity index (χ0v) is 6.43. The fourth-order valence-corrected chi connectivity index (χ4v) is 0.146. The fourth-order valence-electron chi connectivity index (χ4n) is 0.146. The Bertz CT molecular complexity index is 269. The van der Waals surface area contributed by atoms with Crippen LogP contribution in [0.1, 0.15) is 0 Å². The average molecular weight is 220 g/mol. The van der Waals surface area contributed by atoms with Gasteiger partial charge in [0.15, 0.2) is 0 Å². The van der Waals surface area contributed by atoms with Crippen LogP contribution < -0.4 is 0 Å². The quantitative estimate of drug-likeness (QED) is 0.427. The second kappa shape index (κ2) is 7.00. The minimum absolute atomic E-state index is 0.257. The first kappa shape index (κ1) is 15.0. The van der Waals surface area contributed by atoms with Crippen LogP contribution in [0, 0.1) is 0 Å². The lowest BCUT2D eigenvalue weighted by Crippen LogP contribution is -2.08. The van der Waals surface area contributed by atoms with Crippen LogP contribution in [0.25, 0.3) is 0 Å². The molecule has 0 aromatic rings. The number of allylic oxidation sites excluding steroid dienone is 1. The van der Waals surface area contributed by atoms with Gasteiger partial charge < -0.3 is 0 Å². The molecule has 0 amide bonds. The topological polar surface area (TPSA) is 0 Å². The molecule has 0 saturated heterocycles. The smallest absolute Gasteiger partial charge is 0.206 e. The van der Waals surface area contributed by atoms with E-state index in [0.29, 0.717) is 0 Å². The number of halogens is 7. The van der Waals surface area contributed by atoms with Gasteiger partial charge in [-0.25, -0.2) is 4.39 Å². The SMILES string of the molecule is C=C=C=CF.FC(F)=C(F)C(F)(F)F. The first-order chi connectivity index (χ1) is 6.27. The van der Waals surface area contributed by atoms with Gasteiger partial charge in [-0.1, -0.05) is 5.73 Å². The Morgan fingerprint density at radius 3 is 1.57 bits per heavy atom. The van der Waals surface area contributed by atoms with Crippen molar-refractivity contribution >= 4 is 0 Å². The lowest BCUT2D eigenvalue weighted by molar-refractivity contribution is -0.113. The van der Waals surface area contributed by atoms with E-state index in [1.54, 1.807) is 0 Å². The van der Waals surface area contributed by atoms with Crippen molar-refractivity contribution < 1.29 is 30.7 Å². The Balaban J connectivity index is 0. The maximum Gasteiger partial charge on any atom is 0.448 e. The lowest BCUT2D eigenvalue weighted by atomic mass is 10.6. The molecule has 0 N–H and O–H groups in total. The molecule has 0 aromatic heterocycles. The van der Waals surface area contributed by atoms with Gasteiger partial charge in [0.25, 0.3) is 5.83 Å². The molecule has 0 nitrogen and oxygen atoms in total. The van der Waals surface area contributed by atoms with E-state index < -0.39 is 18.1 Å². The van der Waals surface area contributed by atoms with Crippen LogP contribution in [-0.4, -0.2) is 6.18 Å². The Kier molecular flexibility index (Phi) is 7.52. The van der Waals surface area contributed by atoms with Crippen molar-refractivity contribution in [2.75, 3.05) is 0 Å². The molecule has 0 radical (unpaired) electrons. The number of rotatable bonds is 0. The van der Waals surface area contributed by atoms with Gasteiger partial charge in [0, 0.05) is 0 Å². The Morgan fingerprint density at radius 1 is 1.14 bits per heavy atom. The molecule has 0 unspecified atom stereocenters. The third-order valence-corrected chi connectivity index (χ3v) is 0.571. The van der Waals surface area contributed by atoms with E-state index in [2.05, 4.69) is 12.3 Å². The molecule has 0 spiro atoms. The van der Waals surface area contributed by atoms with Crippen molar-refractivity contribution in [1.82, 2.24) is 0 Å². The largest absolute Gasteiger partial charge is 0.448 e. The molecule has 7 heteroatoms. The van der Waals surface area contributed by atoms with Crippen molar-refractivity contribution in [2.45, 2.75) is 6.18 Å². The van der Waals surface area contributed by atoms with Crippen molar-refractivity contribution in [3.8, 4) is 0 Å². The van der Waals surface area contributed by atoms with Crippen LogP contribution in [0.2, 0.25) is 0 Å². The van der Waals surface area contributed by atoms with E-state index in [1.165, 1.54) is 0 Å². The van der Waals surface area contributed by atoms with E-state index >= 15 is 0 Å². The van der Waals surface area contributed by atoms with E-state index in [4.69, 9.17) is 0 Å². The first-order valence-electron chi connectivity index (χ1n) is 2.74. The van der Waals surface area contributed by atoms with Crippen molar-refractivity contribution in [2.24, 2.45) is 0 Å². The van der Waals surface area contributed by atoms with E-state index in [1.807, 2.05) is 5.73 Å². The molecular weight excluding hydrogens is 217 g/mol. The number of alkyl halides is 3. The average Bonchev–Trinajstić information content (AvgIpc) is 2.04. The van der Waals surface area contributed by atoms with Gasteiger partial charge in [-0.3, -0.25) is 0 Å². The summed E-state index contributed by atoms with van der Waals surface area (Å²) in [6.07, 6.45) is -8.64. The molecule has 0 aromatic carbocycles. The highest BCUT2D eigenvalue weighted by Gasteiger charge is 2.38. The molecule has 0 atom stereocenters. The number of hydrogen-bond donors (Lipinski definition) is 0. The third-order valence-electron chi connectivity index (χ3n) is 0.571. The van der Waals surface area contributed by atoms with E-state index in [9.17, 15) is 30.7 Å². The third kappa shape index (κ3) is 8.64. The van der Waals surface area contributed by atoms with Crippen LogP contribution in [0.3, 0.4) is 0 Å². The summed E-state index contributed by atoms with van der Waals surface area (Å²) >= 11 is 0. The van der Waals surface area contributed by atoms with Crippen LogP contribution in [0.4, 0.5) is 30.7 Å². The van der Waals surface area contributed by atoms with Crippen molar-refractivity contribution in [1.29, 1.82) is 0 Å². The van der Waals surface area contributed by atoms with Gasteiger partial charge >= 0.3 is 12.3 Å². The van der Waals surface area contributed by atoms with Gasteiger partial charge in [0.05, 0.1) is 0 Å². The minimum atomic E-state index is -5.56. The summed E-state index contributed by atoms with van der Waals surface area (Å²) in [5.74, 6) is -3.33. The molecule has 0 fully saturated rings. The highest BCUT2D eigenvalue weighted by Crippen LogP contribution is 2.29. The second-order valence-electron chi connectivity index (χ2n) is 1.50. The van der Waals surface area contributed by atoms with Crippen molar-refractivity contribution in [3.05, 3.63) is 36.3 Å². The van der Waals surface area contributed by atoms with Crippen LogP contribution in [0.5, 0.6) is 0 Å². The minimum Gasteiger partial charge on any atom is -0.206 e. The van der Waals surface area contributed by atoms with Crippen LogP contribution in [0.15, 0.2) is 36.3 Å². The summed E-state index contributed by atoms with van der Waals surface area (Å²) in [5, 5.41) is 0. The molecule has 0 heterocycles. The first-order valence-corrected chi connectivity index (χ1v) is 2.74. The summed E-state index contributed by atoms with van der Waals surface area (Å²) in [5.41, 5.74) is 4.05. The summed E-state index contributed by atoms with van der Waals surface area (Å²) in [6, 6.07) is 0. The van der Waals surface area contributed by atoms with Gasteiger partial charge in [-0.2, -0.15) is 26.3 Å². The molecular formula is C7H3F7. The Morgan fingerprint density at radius 2 is 1.57 bits per heavy atom. The summed E-state index contributed by atoms with van der Waals surface area (Å²) in [7, 11) is 0. The highest BCUT2D eigenvalue weighted by atomic mass is 19.4. The fraction of sp³-hybridized carbons (Fsp3) is 0.143. The maximum atomic E-state index is 11.0. The zero-order chi connectivity index (χ0) is 11.8. The normalized spacial score (nSPS) is 8.79. The number of hydrogen-bond acceptors (Lipinski definition) is 0. The lowest BCUT2D eigenvalue weighted by Gasteiger charge is -1.98. The monoisotopic (exact) mass is 220 g/mol. The highest BCUT2D eigenvalue weighted by molar-refractivity contribution is 4.98. The van der Waals surface area contributed by atoms with Gasteiger partial charge in [-0.05, 0) is 12.3 Å². The maximum absolute atomic E-state index is 11.0. The molecule has 0 aliphatic rings. The van der Waals surface area contributed by atoms with Gasteiger partial charge in [0.1, 0.15) is 6.33 Å². The Labute approximate surface area is 74.3 Å². The summed E-state index contributed by atoms with van der Waals surface area (Å²) in [4.78, 5) is 0. The van der Waals surface area contributed by atoms with Crippen LogP contribution in [-0.2, 0) is 0 Å². The zero-order valence-electron chi connectivity index (χ0n) is 6.43. The van der Waals surface area contributed by atoms with Crippen LogP contribution >= 0.6 is 0 Å². The molecule has 0 rings (SSSR count). The van der Waals surface area contributed by atoms with E-state index in [-0.39, 0.29) is 6.33 Å². The summed E-state index contributed by atoms with van der Waals surface area (Å²) in [6.45, 7) is 3.04. The Hall–Kier alpha value is -1.45. The molecule has 80 valence electrons. The predicted octanol–water partition coefficient (Wildman–Crippen LogP) is 4.04. The van der Waals surface area contributed by atoms with Gasteiger partial charge in [0.2, 0.25) is 0 Å². The molecule has 14 heavy (non-hydrogen) atoms. The standard InChI is InChI=1S/C4H3F.C3F6/c1-2-3-4-5;4-1(2(5)6)3(7,8)9/h4H,1H2;. The summed E-state index contributed by atoms with van der Waals surface area (Å²) < 4.78 is 75.5. The van der Waals surface area contributed by atoms with E-state index in [0.717, 1.165) is 0 Å². The van der Waals surface area contributed by atoms with Crippen molar-refractivity contribution in [3.63, 3.8) is 0 Å². The van der Waals surface area contributed by atoms with Gasteiger partial charge in [-0.15, -0.1) is 0 Å². The molecule has 0 aliphatic heterocycles. The second-order valence-corrected chi connectivity index (χ2v) is 1.50. The predicted molar refractivity (Wildman–Crippen MR) is 34.7 cm³/mol. The molecule has 0 bridgehead atoms.